The van der Waals surface area contributed by atoms with E-state index in [0.29, 0.717) is 29.8 Å². The fourth-order valence-corrected chi connectivity index (χ4v) is 8.42. The third-order valence-electron chi connectivity index (χ3n) is 9.65. The zero-order chi connectivity index (χ0) is 17.2. The number of hydrogen-bond acceptors (Lipinski definition) is 2. The van der Waals surface area contributed by atoms with Crippen LogP contribution in [-0.4, -0.2) is 42.1 Å². The van der Waals surface area contributed by atoms with E-state index < -0.39 is 0 Å². The van der Waals surface area contributed by atoms with E-state index in [1.807, 2.05) is 0 Å². The van der Waals surface area contributed by atoms with Gasteiger partial charge in [-0.3, -0.25) is 4.79 Å². The summed E-state index contributed by atoms with van der Waals surface area (Å²) in [6.07, 6.45) is 16.9. The number of hydrogen-bond donors (Lipinski definition) is 0. The minimum absolute atomic E-state index is 0. The van der Waals surface area contributed by atoms with Gasteiger partial charge in [-0.2, -0.15) is 0 Å². The van der Waals surface area contributed by atoms with Gasteiger partial charge in [-0.25, -0.2) is 0 Å². The van der Waals surface area contributed by atoms with Crippen LogP contribution in [0, 0.1) is 46.3 Å². The summed E-state index contributed by atoms with van der Waals surface area (Å²) in [7, 11) is 0. The summed E-state index contributed by atoms with van der Waals surface area (Å²) in [5.41, 5.74) is 0.925. The van der Waals surface area contributed by atoms with Gasteiger partial charge in [0.2, 0.25) is 0 Å². The molecule has 1 saturated heterocycles. The van der Waals surface area contributed by atoms with Gasteiger partial charge >= 0.3 is 35.5 Å². The van der Waals surface area contributed by atoms with Crippen molar-refractivity contribution in [2.75, 3.05) is 6.61 Å². The van der Waals surface area contributed by atoms with E-state index in [2.05, 4.69) is 26.0 Å². The molecule has 0 amide bonds. The molecule has 0 aromatic carbocycles. The molecule has 0 radical (unpaired) electrons. The quantitative estimate of drug-likeness (QED) is 0.381. The Morgan fingerprint density at radius 2 is 1.81 bits per heavy atom. The number of carbonyl (C=O) groups excluding carboxylic acids is 1. The molecule has 2 nitrogen and oxygen atoms in total. The van der Waals surface area contributed by atoms with Crippen molar-refractivity contribution in [1.82, 2.24) is 0 Å². The maximum atomic E-state index is 11.7. The van der Waals surface area contributed by atoms with Crippen molar-refractivity contribution in [1.29, 1.82) is 0 Å². The molecule has 4 fully saturated rings. The van der Waals surface area contributed by atoms with Crippen LogP contribution in [0.25, 0.3) is 0 Å². The third-order valence-corrected chi connectivity index (χ3v) is 9.65. The Bertz CT molecular complexity index is 601. The molecule has 5 aliphatic rings. The molecule has 0 N–H and O–H groups in total. The predicted molar refractivity (Wildman–Crippen MR) is 106 cm³/mol. The van der Waals surface area contributed by atoms with Crippen LogP contribution in [0.2, 0.25) is 0 Å². The van der Waals surface area contributed by atoms with Crippen molar-refractivity contribution in [3.8, 4) is 0 Å². The second-order valence-corrected chi connectivity index (χ2v) is 10.4. The average molecular weight is 367 g/mol. The van der Waals surface area contributed by atoms with Crippen LogP contribution in [0.3, 0.4) is 0 Å². The Hall–Kier alpha value is 0.210. The summed E-state index contributed by atoms with van der Waals surface area (Å²) < 4.78 is 5.35. The zero-order valence-electron chi connectivity index (χ0n) is 16.0. The molecular weight excluding hydrogens is 331 g/mol. The fraction of sp³-hybridized carbons (Fsp3) is 0.870. The Balaban J connectivity index is 0.00000168. The first kappa shape index (κ1) is 19.5. The topological polar surface area (TPSA) is 26.3 Å². The van der Waals surface area contributed by atoms with Gasteiger partial charge in [-0.05, 0) is 91.8 Å². The molecule has 8 atom stereocenters. The number of allylic oxidation sites excluding steroid dienone is 2. The molecule has 3 saturated carbocycles. The summed E-state index contributed by atoms with van der Waals surface area (Å²) in [5, 5.41) is 0. The van der Waals surface area contributed by atoms with E-state index in [4.69, 9.17) is 4.74 Å². The van der Waals surface area contributed by atoms with Gasteiger partial charge in [-0.1, -0.05) is 26.0 Å². The van der Waals surface area contributed by atoms with Crippen molar-refractivity contribution in [3.63, 3.8) is 0 Å². The van der Waals surface area contributed by atoms with Gasteiger partial charge < -0.3 is 4.74 Å². The van der Waals surface area contributed by atoms with Crippen molar-refractivity contribution < 1.29 is 9.53 Å². The van der Waals surface area contributed by atoms with Crippen LogP contribution in [0.5, 0.6) is 0 Å². The summed E-state index contributed by atoms with van der Waals surface area (Å²) >= 11 is 0. The normalized spacial score (nSPS) is 52.5. The number of cyclic esters (lactones) is 1. The molecule has 1 aliphatic heterocycles. The van der Waals surface area contributed by atoms with E-state index in [0.717, 1.165) is 29.6 Å². The van der Waals surface area contributed by atoms with Crippen molar-refractivity contribution in [2.24, 2.45) is 46.3 Å². The van der Waals surface area contributed by atoms with Crippen LogP contribution in [0.1, 0.15) is 71.6 Å². The third kappa shape index (κ3) is 2.72. The molecular formula is C23H35NaO2. The number of rotatable bonds is 1. The summed E-state index contributed by atoms with van der Waals surface area (Å²) in [6.45, 7) is 5.87. The molecule has 3 heteroatoms. The molecule has 0 aromatic heterocycles. The van der Waals surface area contributed by atoms with Crippen molar-refractivity contribution in [3.05, 3.63) is 12.2 Å². The monoisotopic (exact) mass is 366 g/mol. The minimum atomic E-state index is 0. The molecule has 1 unspecified atom stereocenters. The first-order valence-electron chi connectivity index (χ1n) is 10.9. The summed E-state index contributed by atoms with van der Waals surface area (Å²) in [6, 6.07) is 0. The molecule has 0 aromatic rings. The van der Waals surface area contributed by atoms with Gasteiger partial charge in [0.1, 0.15) is 0 Å². The molecule has 0 bridgehead atoms. The van der Waals surface area contributed by atoms with E-state index in [9.17, 15) is 4.79 Å². The average Bonchev–Trinajstić information content (AvgIpc) is 3.16. The van der Waals surface area contributed by atoms with Crippen LogP contribution in [-0.2, 0) is 9.53 Å². The number of esters is 1. The van der Waals surface area contributed by atoms with Gasteiger partial charge in [0.05, 0.1) is 13.0 Å². The first-order valence-corrected chi connectivity index (χ1v) is 10.9. The Morgan fingerprint density at radius 1 is 1.00 bits per heavy atom. The molecule has 1 heterocycles. The van der Waals surface area contributed by atoms with Crippen LogP contribution in [0.15, 0.2) is 12.2 Å². The van der Waals surface area contributed by atoms with E-state index in [1.165, 1.54) is 51.4 Å². The second kappa shape index (κ2) is 6.92. The number of carbonyl (C=O) groups is 1. The molecule has 4 aliphatic carbocycles. The summed E-state index contributed by atoms with van der Waals surface area (Å²) in [5.74, 6) is 4.91. The first-order chi connectivity index (χ1) is 12.0. The van der Waals surface area contributed by atoms with Gasteiger partial charge in [0, 0.05) is 5.92 Å². The molecule has 26 heavy (non-hydrogen) atoms. The van der Waals surface area contributed by atoms with Gasteiger partial charge in [-0.15, -0.1) is 0 Å². The predicted octanol–water partition coefficient (Wildman–Crippen LogP) is 4.73. The fourth-order valence-electron chi connectivity index (χ4n) is 8.42. The molecule has 140 valence electrons. The van der Waals surface area contributed by atoms with Gasteiger partial charge in [0.25, 0.3) is 0 Å². The van der Waals surface area contributed by atoms with Crippen LogP contribution in [0.4, 0.5) is 0 Å². The van der Waals surface area contributed by atoms with E-state index in [-0.39, 0.29) is 35.5 Å². The van der Waals surface area contributed by atoms with Crippen LogP contribution >= 0.6 is 0 Å². The van der Waals surface area contributed by atoms with E-state index in [1.54, 1.807) is 0 Å². The van der Waals surface area contributed by atoms with Crippen molar-refractivity contribution in [2.45, 2.75) is 71.6 Å². The maximum absolute atomic E-state index is 11.7. The van der Waals surface area contributed by atoms with Crippen LogP contribution < -0.4 is 0 Å². The molecule has 5 rings (SSSR count). The Kier molecular flexibility index (Phi) is 5.20. The molecule has 0 spiro atoms. The number of fused-ring (bicyclic) bond motifs is 5. The van der Waals surface area contributed by atoms with Gasteiger partial charge in [0.15, 0.2) is 0 Å². The summed E-state index contributed by atoms with van der Waals surface area (Å²) in [4.78, 5) is 11.7. The standard InChI is InChI=1S/C23H34O2.Na.H/c1-22-11-4-3-5-16(22)6-7-17-19-9-8-18(15-13-21(24)25-14-15)23(19,2)12-10-20(17)22;;/h4,11,15-20H,3,5-10,12-14H2,1-2H3;;/t15-,16?,17-,18+,19+,20-,22-,23+;;/m0../s1. The number of ether oxygens (including phenoxy) is 1. The Labute approximate surface area is 181 Å². The van der Waals surface area contributed by atoms with E-state index >= 15 is 0 Å². The Morgan fingerprint density at radius 3 is 2.58 bits per heavy atom. The SMILES string of the molecule is C[C@]12CC[C@H]3[C@@H](CCC4CCC=C[C@@]43C)[C@H]1CC[C@@H]2[C@@H]1COC(=O)C1.[NaH]. The zero-order valence-corrected chi connectivity index (χ0v) is 16.0. The second-order valence-electron chi connectivity index (χ2n) is 10.4. The van der Waals surface area contributed by atoms with Crippen molar-refractivity contribution >= 4 is 35.5 Å².